The lowest BCUT2D eigenvalue weighted by Gasteiger charge is -2.24. The summed E-state index contributed by atoms with van der Waals surface area (Å²) in [5.74, 6) is 1.66. The van der Waals surface area contributed by atoms with Gasteiger partial charge >= 0.3 is 0 Å². The molecule has 122 valence electrons. The summed E-state index contributed by atoms with van der Waals surface area (Å²) in [6, 6.07) is 5.80. The van der Waals surface area contributed by atoms with Gasteiger partial charge in [0.15, 0.2) is 0 Å². The third-order valence-corrected chi connectivity index (χ3v) is 4.99. The van der Waals surface area contributed by atoms with E-state index in [0.29, 0.717) is 23.8 Å². The molecule has 1 aliphatic carbocycles. The highest BCUT2D eigenvalue weighted by Crippen LogP contribution is 2.28. The first-order valence-electron chi connectivity index (χ1n) is 8.66. The normalized spacial score (nSPS) is 19.4. The van der Waals surface area contributed by atoms with Crippen LogP contribution in [0.5, 0.6) is 0 Å². The number of anilines is 1. The molecule has 1 aliphatic heterocycles. The first-order valence-corrected chi connectivity index (χ1v) is 8.66. The molecule has 0 atom stereocenters. The summed E-state index contributed by atoms with van der Waals surface area (Å²) in [4.78, 5) is 21.0. The van der Waals surface area contributed by atoms with Crippen LogP contribution in [0, 0.1) is 17.2 Å². The molecule has 1 saturated heterocycles. The topological polar surface area (TPSA) is 60.2 Å². The van der Waals surface area contributed by atoms with E-state index in [1.807, 2.05) is 4.90 Å². The molecule has 23 heavy (non-hydrogen) atoms. The smallest absolute Gasteiger partial charge is 0.222 e. The summed E-state index contributed by atoms with van der Waals surface area (Å²) in [6.45, 7) is 3.14. The monoisotopic (exact) mass is 312 g/mol. The second-order valence-electron chi connectivity index (χ2n) is 6.56. The predicted molar refractivity (Wildman–Crippen MR) is 88.9 cm³/mol. The zero-order valence-corrected chi connectivity index (χ0v) is 13.6. The van der Waals surface area contributed by atoms with E-state index in [1.165, 1.54) is 25.7 Å². The fourth-order valence-corrected chi connectivity index (χ4v) is 3.71. The Hall–Kier alpha value is -2.09. The van der Waals surface area contributed by atoms with E-state index in [-0.39, 0.29) is 0 Å². The number of carbonyl (C=O) groups is 1. The average molecular weight is 312 g/mol. The van der Waals surface area contributed by atoms with Gasteiger partial charge in [-0.3, -0.25) is 4.79 Å². The van der Waals surface area contributed by atoms with Crippen LogP contribution in [-0.4, -0.2) is 42.0 Å². The van der Waals surface area contributed by atoms with Crippen molar-refractivity contribution in [3.05, 3.63) is 23.9 Å². The van der Waals surface area contributed by atoms with Crippen LogP contribution in [0.1, 0.15) is 44.1 Å². The summed E-state index contributed by atoms with van der Waals surface area (Å²) >= 11 is 0. The van der Waals surface area contributed by atoms with Gasteiger partial charge in [0.2, 0.25) is 5.91 Å². The van der Waals surface area contributed by atoms with Gasteiger partial charge in [-0.15, -0.1) is 0 Å². The number of rotatable bonds is 3. The van der Waals surface area contributed by atoms with E-state index in [0.717, 1.165) is 38.4 Å². The van der Waals surface area contributed by atoms with Crippen LogP contribution in [0.4, 0.5) is 5.82 Å². The Kier molecular flexibility index (Phi) is 5.12. The molecule has 0 spiro atoms. The van der Waals surface area contributed by atoms with Crippen molar-refractivity contribution in [3.8, 4) is 6.07 Å². The highest BCUT2D eigenvalue weighted by atomic mass is 16.2. The van der Waals surface area contributed by atoms with Gasteiger partial charge in [-0.05, 0) is 37.3 Å². The SMILES string of the molecule is N#Cc1cccnc1N1CCCN(C(=O)CC2CCCC2)CC1. The quantitative estimate of drug-likeness (QED) is 0.860. The minimum absolute atomic E-state index is 0.306. The zero-order chi connectivity index (χ0) is 16.1. The lowest BCUT2D eigenvalue weighted by atomic mass is 10.0. The Labute approximate surface area is 137 Å². The van der Waals surface area contributed by atoms with Gasteiger partial charge in [-0.1, -0.05) is 12.8 Å². The molecule has 0 radical (unpaired) electrons. The van der Waals surface area contributed by atoms with Crippen molar-refractivity contribution in [1.29, 1.82) is 5.26 Å². The van der Waals surface area contributed by atoms with E-state index in [4.69, 9.17) is 0 Å². The number of carbonyl (C=O) groups excluding carboxylic acids is 1. The third kappa shape index (κ3) is 3.82. The standard InChI is InChI=1S/C18H24N4O/c19-14-16-7-3-8-20-18(16)22-10-4-9-21(11-12-22)17(23)13-15-5-1-2-6-15/h3,7-8,15H,1-2,4-6,9-13H2. The summed E-state index contributed by atoms with van der Waals surface area (Å²) < 4.78 is 0. The fraction of sp³-hybridized carbons (Fsp3) is 0.611. The van der Waals surface area contributed by atoms with Crippen molar-refractivity contribution in [1.82, 2.24) is 9.88 Å². The highest BCUT2D eigenvalue weighted by Gasteiger charge is 2.24. The van der Waals surface area contributed by atoms with Crippen molar-refractivity contribution in [2.45, 2.75) is 38.5 Å². The number of pyridine rings is 1. The van der Waals surface area contributed by atoms with Gasteiger partial charge in [-0.2, -0.15) is 5.26 Å². The molecular weight excluding hydrogens is 288 g/mol. The molecule has 0 N–H and O–H groups in total. The number of amides is 1. The molecule has 0 aromatic carbocycles. The van der Waals surface area contributed by atoms with Crippen molar-refractivity contribution in [2.75, 3.05) is 31.1 Å². The molecule has 1 amide bonds. The molecule has 1 aromatic rings. The van der Waals surface area contributed by atoms with Gasteiger partial charge in [0.1, 0.15) is 11.9 Å². The maximum Gasteiger partial charge on any atom is 0.222 e. The lowest BCUT2D eigenvalue weighted by Crippen LogP contribution is -2.36. The maximum atomic E-state index is 12.5. The lowest BCUT2D eigenvalue weighted by molar-refractivity contribution is -0.131. The Balaban J connectivity index is 1.60. The van der Waals surface area contributed by atoms with Gasteiger partial charge < -0.3 is 9.80 Å². The molecule has 1 saturated carbocycles. The Morgan fingerprint density at radius 2 is 2.04 bits per heavy atom. The minimum Gasteiger partial charge on any atom is -0.354 e. The molecular formula is C18H24N4O. The Bertz CT molecular complexity index is 589. The fourth-order valence-electron chi connectivity index (χ4n) is 3.71. The number of nitriles is 1. The summed E-state index contributed by atoms with van der Waals surface area (Å²) in [7, 11) is 0. The van der Waals surface area contributed by atoms with Crippen LogP contribution in [-0.2, 0) is 4.79 Å². The van der Waals surface area contributed by atoms with Crippen LogP contribution >= 0.6 is 0 Å². The summed E-state index contributed by atoms with van der Waals surface area (Å²) in [6.07, 6.45) is 8.36. The molecule has 0 bridgehead atoms. The molecule has 1 aromatic heterocycles. The predicted octanol–water partition coefficient (Wildman–Crippen LogP) is 2.57. The number of aromatic nitrogens is 1. The van der Waals surface area contributed by atoms with Crippen molar-refractivity contribution < 1.29 is 4.79 Å². The average Bonchev–Trinajstić information content (AvgIpc) is 2.96. The molecule has 2 aliphatic rings. The second-order valence-corrected chi connectivity index (χ2v) is 6.56. The minimum atomic E-state index is 0.306. The Morgan fingerprint density at radius 1 is 1.22 bits per heavy atom. The second kappa shape index (κ2) is 7.45. The summed E-state index contributed by atoms with van der Waals surface area (Å²) in [5, 5.41) is 9.24. The molecule has 3 rings (SSSR count). The van der Waals surface area contributed by atoms with Crippen LogP contribution in [0.3, 0.4) is 0 Å². The van der Waals surface area contributed by atoms with Crippen molar-refractivity contribution in [2.24, 2.45) is 5.92 Å². The first kappa shape index (κ1) is 15.8. The highest BCUT2D eigenvalue weighted by molar-refractivity contribution is 5.76. The van der Waals surface area contributed by atoms with E-state index in [9.17, 15) is 10.1 Å². The molecule has 2 fully saturated rings. The largest absolute Gasteiger partial charge is 0.354 e. The number of hydrogen-bond donors (Lipinski definition) is 0. The van der Waals surface area contributed by atoms with Gasteiger partial charge in [-0.25, -0.2) is 4.98 Å². The summed E-state index contributed by atoms with van der Waals surface area (Å²) in [5.41, 5.74) is 0.609. The zero-order valence-electron chi connectivity index (χ0n) is 13.6. The number of hydrogen-bond acceptors (Lipinski definition) is 4. The maximum absolute atomic E-state index is 12.5. The van der Waals surface area contributed by atoms with E-state index >= 15 is 0 Å². The van der Waals surface area contributed by atoms with Crippen LogP contribution in [0.25, 0.3) is 0 Å². The van der Waals surface area contributed by atoms with Crippen LogP contribution < -0.4 is 4.90 Å². The van der Waals surface area contributed by atoms with Gasteiger partial charge in [0, 0.05) is 38.8 Å². The van der Waals surface area contributed by atoms with Crippen molar-refractivity contribution in [3.63, 3.8) is 0 Å². The van der Waals surface area contributed by atoms with Gasteiger partial charge in [0.25, 0.3) is 0 Å². The van der Waals surface area contributed by atoms with E-state index in [1.54, 1.807) is 18.3 Å². The van der Waals surface area contributed by atoms with Crippen LogP contribution in [0.2, 0.25) is 0 Å². The molecule has 5 nitrogen and oxygen atoms in total. The van der Waals surface area contributed by atoms with Gasteiger partial charge in [0.05, 0.1) is 5.56 Å². The molecule has 5 heteroatoms. The molecule has 2 heterocycles. The Morgan fingerprint density at radius 3 is 2.83 bits per heavy atom. The molecule has 0 unspecified atom stereocenters. The number of nitrogens with zero attached hydrogens (tertiary/aromatic N) is 4. The van der Waals surface area contributed by atoms with E-state index in [2.05, 4.69) is 16.0 Å². The van der Waals surface area contributed by atoms with Crippen LogP contribution in [0.15, 0.2) is 18.3 Å². The van der Waals surface area contributed by atoms with Crippen molar-refractivity contribution >= 4 is 11.7 Å². The van der Waals surface area contributed by atoms with E-state index < -0.39 is 0 Å². The third-order valence-electron chi connectivity index (χ3n) is 4.99. The first-order chi connectivity index (χ1) is 11.3.